The summed E-state index contributed by atoms with van der Waals surface area (Å²) in [5.74, 6) is -0.886. The molecule has 3 N–H and O–H groups in total. The number of esters is 1. The average molecular weight is 278 g/mol. The van der Waals surface area contributed by atoms with Crippen molar-refractivity contribution in [2.24, 2.45) is 0 Å². The van der Waals surface area contributed by atoms with E-state index >= 15 is 0 Å². The second kappa shape index (κ2) is 5.63. The van der Waals surface area contributed by atoms with Crippen LogP contribution in [0, 0.1) is 0 Å². The molecule has 0 amide bonds. The first-order valence-electron chi connectivity index (χ1n) is 5.57. The molecule has 0 aliphatic carbocycles. The highest BCUT2D eigenvalue weighted by molar-refractivity contribution is 6.30. The van der Waals surface area contributed by atoms with Crippen LogP contribution in [0.25, 0.3) is 0 Å². The zero-order valence-corrected chi connectivity index (χ0v) is 10.7. The number of aromatic hydroxyl groups is 1. The Kier molecular flexibility index (Phi) is 3.92. The number of hydrogen-bond acceptors (Lipinski definition) is 4. The third-order valence-electron chi connectivity index (χ3n) is 2.57. The van der Waals surface area contributed by atoms with Crippen LogP contribution in [0.15, 0.2) is 42.5 Å². The van der Waals surface area contributed by atoms with Gasteiger partial charge in [-0.25, -0.2) is 4.79 Å². The Morgan fingerprint density at radius 3 is 2.58 bits per heavy atom. The van der Waals surface area contributed by atoms with Crippen molar-refractivity contribution < 1.29 is 14.6 Å². The molecule has 4 nitrogen and oxygen atoms in total. The first-order valence-corrected chi connectivity index (χ1v) is 5.95. The number of anilines is 1. The van der Waals surface area contributed by atoms with Gasteiger partial charge in [0, 0.05) is 5.02 Å². The molecule has 2 aromatic rings. The lowest BCUT2D eigenvalue weighted by molar-refractivity contribution is 0.0469. The maximum Gasteiger partial charge on any atom is 0.342 e. The predicted molar refractivity (Wildman–Crippen MR) is 73.1 cm³/mol. The number of ether oxygens (including phenoxy) is 1. The van der Waals surface area contributed by atoms with E-state index in [2.05, 4.69) is 0 Å². The Labute approximate surface area is 115 Å². The molecule has 0 atom stereocenters. The second-order valence-electron chi connectivity index (χ2n) is 3.95. The zero-order chi connectivity index (χ0) is 13.8. The molecule has 0 fully saturated rings. The van der Waals surface area contributed by atoms with E-state index in [9.17, 15) is 9.90 Å². The predicted octanol–water partition coefficient (Wildman–Crippen LogP) is 2.98. The van der Waals surface area contributed by atoms with Crippen LogP contribution in [-0.4, -0.2) is 11.1 Å². The van der Waals surface area contributed by atoms with Gasteiger partial charge in [0.2, 0.25) is 0 Å². The number of nitrogens with two attached hydrogens (primary N) is 1. The zero-order valence-electron chi connectivity index (χ0n) is 9.97. The van der Waals surface area contributed by atoms with Crippen molar-refractivity contribution in [1.29, 1.82) is 0 Å². The fraction of sp³-hybridized carbons (Fsp3) is 0.0714. The largest absolute Gasteiger partial charge is 0.505 e. The summed E-state index contributed by atoms with van der Waals surface area (Å²) in [5, 5.41) is 10.3. The molecular formula is C14H12ClNO3. The fourth-order valence-corrected chi connectivity index (χ4v) is 1.66. The van der Waals surface area contributed by atoms with Crippen molar-refractivity contribution in [3.63, 3.8) is 0 Å². The van der Waals surface area contributed by atoms with Gasteiger partial charge in [-0.1, -0.05) is 29.8 Å². The smallest absolute Gasteiger partial charge is 0.342 e. The van der Waals surface area contributed by atoms with Crippen molar-refractivity contribution in [2.75, 3.05) is 5.73 Å². The van der Waals surface area contributed by atoms with Crippen molar-refractivity contribution in [1.82, 2.24) is 0 Å². The lowest BCUT2D eigenvalue weighted by Crippen LogP contribution is -2.06. The molecule has 0 heterocycles. The van der Waals surface area contributed by atoms with Gasteiger partial charge in [-0.3, -0.25) is 0 Å². The van der Waals surface area contributed by atoms with Crippen LogP contribution in [0.3, 0.4) is 0 Å². The number of nitrogen functional groups attached to an aromatic ring is 1. The molecule has 0 saturated heterocycles. The summed E-state index contributed by atoms with van der Waals surface area (Å²) in [5.41, 5.74) is 6.51. The van der Waals surface area contributed by atoms with E-state index in [0.29, 0.717) is 5.02 Å². The highest BCUT2D eigenvalue weighted by Gasteiger charge is 2.14. The van der Waals surface area contributed by atoms with Crippen molar-refractivity contribution >= 4 is 23.3 Å². The van der Waals surface area contributed by atoms with E-state index in [1.807, 2.05) is 0 Å². The van der Waals surface area contributed by atoms with E-state index in [0.717, 1.165) is 5.56 Å². The molecular weight excluding hydrogens is 266 g/mol. The molecule has 0 saturated carbocycles. The van der Waals surface area contributed by atoms with Gasteiger partial charge in [0.15, 0.2) is 5.75 Å². The van der Waals surface area contributed by atoms with E-state index in [4.69, 9.17) is 22.1 Å². The monoisotopic (exact) mass is 277 g/mol. The number of benzene rings is 2. The third-order valence-corrected chi connectivity index (χ3v) is 2.82. The van der Waals surface area contributed by atoms with Gasteiger partial charge in [-0.05, 0) is 29.8 Å². The molecule has 0 aromatic heterocycles. The fourth-order valence-electron chi connectivity index (χ4n) is 1.53. The van der Waals surface area contributed by atoms with E-state index in [-0.39, 0.29) is 23.6 Å². The van der Waals surface area contributed by atoms with Crippen LogP contribution in [0.4, 0.5) is 5.69 Å². The first-order chi connectivity index (χ1) is 9.08. The van der Waals surface area contributed by atoms with Crippen LogP contribution < -0.4 is 5.73 Å². The van der Waals surface area contributed by atoms with E-state index in [1.54, 1.807) is 30.3 Å². The molecule has 0 unspecified atom stereocenters. The van der Waals surface area contributed by atoms with Gasteiger partial charge in [0.05, 0.1) is 5.69 Å². The lowest BCUT2D eigenvalue weighted by atomic mass is 10.2. The van der Waals surface area contributed by atoms with Gasteiger partial charge < -0.3 is 15.6 Å². The van der Waals surface area contributed by atoms with Crippen LogP contribution in [0.5, 0.6) is 5.75 Å². The second-order valence-corrected chi connectivity index (χ2v) is 4.38. The van der Waals surface area contributed by atoms with Crippen LogP contribution in [0.2, 0.25) is 5.02 Å². The van der Waals surface area contributed by atoms with Gasteiger partial charge in [-0.15, -0.1) is 0 Å². The number of halogens is 1. The Morgan fingerprint density at radius 2 is 1.89 bits per heavy atom. The van der Waals surface area contributed by atoms with Gasteiger partial charge in [0.25, 0.3) is 0 Å². The maximum absolute atomic E-state index is 11.8. The number of rotatable bonds is 3. The summed E-state index contributed by atoms with van der Waals surface area (Å²) in [6.07, 6.45) is 0. The maximum atomic E-state index is 11.8. The Hall–Kier alpha value is -2.20. The van der Waals surface area contributed by atoms with Crippen molar-refractivity contribution in [3.05, 3.63) is 58.6 Å². The standard InChI is InChI=1S/C14H12ClNO3/c15-10-6-4-9(5-7-10)8-19-14(18)11-2-1-3-12(16)13(11)17/h1-7,17H,8,16H2. The number of phenolic OH excluding ortho intramolecular Hbond substituents is 1. The summed E-state index contributed by atoms with van der Waals surface area (Å²) >= 11 is 5.75. The first kappa shape index (κ1) is 13.2. The summed E-state index contributed by atoms with van der Waals surface area (Å²) in [7, 11) is 0. The van der Waals surface area contributed by atoms with Gasteiger partial charge in [0.1, 0.15) is 12.2 Å². The molecule has 0 bridgehead atoms. The SMILES string of the molecule is Nc1cccc(C(=O)OCc2ccc(Cl)cc2)c1O. The minimum absolute atomic E-state index is 0.0500. The number of carbonyl (C=O) groups excluding carboxylic acids is 1. The van der Waals surface area contributed by atoms with E-state index < -0.39 is 5.97 Å². The molecule has 2 rings (SSSR count). The molecule has 0 aliphatic heterocycles. The third kappa shape index (κ3) is 3.17. The molecule has 0 aliphatic rings. The summed E-state index contributed by atoms with van der Waals surface area (Å²) in [6.45, 7) is 0.101. The quantitative estimate of drug-likeness (QED) is 0.514. The highest BCUT2D eigenvalue weighted by Crippen LogP contribution is 2.25. The minimum atomic E-state index is -0.625. The summed E-state index contributed by atoms with van der Waals surface area (Å²) in [4.78, 5) is 11.8. The number of hydrogen-bond donors (Lipinski definition) is 2. The minimum Gasteiger partial charge on any atom is -0.505 e. The van der Waals surface area contributed by atoms with Crippen molar-refractivity contribution in [2.45, 2.75) is 6.61 Å². The topological polar surface area (TPSA) is 72.6 Å². The lowest BCUT2D eigenvalue weighted by Gasteiger charge is -2.07. The molecule has 19 heavy (non-hydrogen) atoms. The highest BCUT2D eigenvalue weighted by atomic mass is 35.5. The molecule has 0 radical (unpaired) electrons. The van der Waals surface area contributed by atoms with Crippen LogP contribution >= 0.6 is 11.6 Å². The van der Waals surface area contributed by atoms with Crippen LogP contribution in [0.1, 0.15) is 15.9 Å². The Morgan fingerprint density at radius 1 is 1.21 bits per heavy atom. The Bertz CT molecular complexity index is 596. The summed E-state index contributed by atoms with van der Waals surface area (Å²) < 4.78 is 5.09. The molecule has 0 spiro atoms. The van der Waals surface area contributed by atoms with E-state index in [1.165, 1.54) is 12.1 Å². The molecule has 2 aromatic carbocycles. The summed E-state index contributed by atoms with van der Waals surface area (Å²) in [6, 6.07) is 11.5. The van der Waals surface area contributed by atoms with Crippen molar-refractivity contribution in [3.8, 4) is 5.75 Å². The molecule has 5 heteroatoms. The normalized spacial score (nSPS) is 10.2. The van der Waals surface area contributed by atoms with Crippen LogP contribution in [-0.2, 0) is 11.3 Å². The number of para-hydroxylation sites is 1. The molecule has 98 valence electrons. The average Bonchev–Trinajstić information content (AvgIpc) is 2.41. The van der Waals surface area contributed by atoms with Gasteiger partial charge in [-0.2, -0.15) is 0 Å². The number of carbonyl (C=O) groups is 1. The van der Waals surface area contributed by atoms with Gasteiger partial charge >= 0.3 is 5.97 Å². The Balaban J connectivity index is 2.05. The number of phenols is 1.